The molecule has 0 fully saturated rings. The maximum absolute atomic E-state index is 12.4. The van der Waals surface area contributed by atoms with E-state index in [1.165, 1.54) is 0 Å². The van der Waals surface area contributed by atoms with Crippen molar-refractivity contribution in [1.29, 1.82) is 0 Å². The van der Waals surface area contributed by atoms with Crippen LogP contribution >= 0.6 is 0 Å². The van der Waals surface area contributed by atoms with Gasteiger partial charge in [-0.2, -0.15) is 0 Å². The number of carbonyl (C=O) groups is 3. The van der Waals surface area contributed by atoms with Gasteiger partial charge in [0, 0.05) is 5.92 Å². The number of amides is 2. The number of ether oxygens (including phenoxy) is 2. The summed E-state index contributed by atoms with van der Waals surface area (Å²) in [6.07, 6.45) is -0.753. The zero-order valence-electron chi connectivity index (χ0n) is 15.4. The lowest BCUT2D eigenvalue weighted by atomic mass is 9.88. The minimum atomic E-state index is -1.04. The number of carbonyl (C=O) groups excluding carboxylic acids is 3. The summed E-state index contributed by atoms with van der Waals surface area (Å²) in [4.78, 5) is 35.8. The van der Waals surface area contributed by atoms with Gasteiger partial charge in [0.25, 0.3) is 0 Å². The van der Waals surface area contributed by atoms with Gasteiger partial charge < -0.3 is 20.5 Å². The quantitative estimate of drug-likeness (QED) is 0.749. The fraction of sp³-hybridized carbons (Fsp3) is 0.812. The molecule has 3 atom stereocenters. The lowest BCUT2D eigenvalue weighted by Crippen LogP contribution is -2.51. The van der Waals surface area contributed by atoms with Gasteiger partial charge in [0.1, 0.15) is 17.2 Å². The van der Waals surface area contributed by atoms with Crippen molar-refractivity contribution >= 4 is 18.0 Å². The lowest BCUT2D eigenvalue weighted by Gasteiger charge is -2.30. The Labute approximate surface area is 138 Å². The molecule has 0 aromatic carbocycles. The highest BCUT2D eigenvalue weighted by Crippen LogP contribution is 2.20. The monoisotopic (exact) mass is 330 g/mol. The van der Waals surface area contributed by atoms with E-state index in [0.717, 1.165) is 0 Å². The Morgan fingerprint density at radius 1 is 0.913 bits per heavy atom. The number of nitrogens with two attached hydrogens (primary N) is 1. The van der Waals surface area contributed by atoms with Gasteiger partial charge in [-0.3, -0.25) is 4.79 Å². The second-order valence-electron chi connectivity index (χ2n) is 7.71. The van der Waals surface area contributed by atoms with Crippen molar-refractivity contribution in [3.8, 4) is 0 Å². The average Bonchev–Trinajstić information content (AvgIpc) is 2.29. The van der Waals surface area contributed by atoms with Gasteiger partial charge in [0.05, 0.1) is 0 Å². The van der Waals surface area contributed by atoms with Crippen LogP contribution in [0.25, 0.3) is 0 Å². The molecule has 3 N–H and O–H groups in total. The zero-order chi connectivity index (χ0) is 18.6. The fourth-order valence-electron chi connectivity index (χ4n) is 1.75. The molecule has 23 heavy (non-hydrogen) atoms. The van der Waals surface area contributed by atoms with E-state index in [0.29, 0.717) is 0 Å². The number of hydrogen-bond acceptors (Lipinski definition) is 5. The van der Waals surface area contributed by atoms with Crippen LogP contribution in [0.5, 0.6) is 0 Å². The second-order valence-corrected chi connectivity index (χ2v) is 7.71. The van der Waals surface area contributed by atoms with Crippen LogP contribution in [0.3, 0.4) is 0 Å². The topological polar surface area (TPSA) is 108 Å². The fourth-order valence-corrected chi connectivity index (χ4v) is 1.75. The highest BCUT2D eigenvalue weighted by molar-refractivity contribution is 5.84. The summed E-state index contributed by atoms with van der Waals surface area (Å²) in [6, 6.07) is -1.04. The minimum Gasteiger partial charge on any atom is -0.458 e. The molecule has 134 valence electrons. The standard InChI is InChI=1S/C16H30N2O5/c1-9(10(2)12(17)19)11(13(20)22-15(3,4)5)18-14(21)23-16(6,7)8/h9-11H,1-8H3,(H2,17,19)(H,18,21)/t9-,10+,11-/m0/s1. The summed E-state index contributed by atoms with van der Waals surface area (Å²) < 4.78 is 10.5. The Kier molecular flexibility index (Phi) is 7.06. The van der Waals surface area contributed by atoms with Crippen molar-refractivity contribution in [2.45, 2.75) is 72.6 Å². The highest BCUT2D eigenvalue weighted by Gasteiger charge is 2.36. The molecular formula is C16H30N2O5. The van der Waals surface area contributed by atoms with E-state index >= 15 is 0 Å². The van der Waals surface area contributed by atoms with E-state index in [9.17, 15) is 14.4 Å². The highest BCUT2D eigenvalue weighted by atomic mass is 16.6. The summed E-state index contributed by atoms with van der Waals surface area (Å²) in [6.45, 7) is 13.6. The van der Waals surface area contributed by atoms with Gasteiger partial charge in [-0.1, -0.05) is 13.8 Å². The maximum Gasteiger partial charge on any atom is 0.408 e. The normalized spacial score (nSPS) is 16.0. The van der Waals surface area contributed by atoms with Crippen LogP contribution in [0.1, 0.15) is 55.4 Å². The van der Waals surface area contributed by atoms with Gasteiger partial charge >= 0.3 is 12.1 Å². The third-order valence-electron chi connectivity index (χ3n) is 3.10. The average molecular weight is 330 g/mol. The molecule has 0 bridgehead atoms. The first-order valence-corrected chi connectivity index (χ1v) is 7.65. The molecule has 0 saturated heterocycles. The molecule has 0 saturated carbocycles. The number of esters is 1. The summed E-state index contributed by atoms with van der Waals surface area (Å²) in [5.41, 5.74) is 3.87. The molecule has 2 amide bonds. The van der Waals surface area contributed by atoms with E-state index in [1.54, 1.807) is 55.4 Å². The molecule has 7 heteroatoms. The number of alkyl carbamates (subject to hydrolysis) is 1. The first-order chi connectivity index (χ1) is 10.1. The van der Waals surface area contributed by atoms with Gasteiger partial charge in [0.15, 0.2) is 0 Å². The second kappa shape index (κ2) is 7.66. The Morgan fingerprint density at radius 3 is 1.70 bits per heavy atom. The Morgan fingerprint density at radius 2 is 1.35 bits per heavy atom. The Balaban J connectivity index is 5.26. The molecule has 7 nitrogen and oxygen atoms in total. The van der Waals surface area contributed by atoms with Gasteiger partial charge in [0.2, 0.25) is 5.91 Å². The van der Waals surface area contributed by atoms with Crippen LogP contribution in [-0.2, 0) is 19.1 Å². The predicted molar refractivity (Wildman–Crippen MR) is 86.5 cm³/mol. The van der Waals surface area contributed by atoms with E-state index in [2.05, 4.69) is 5.32 Å². The van der Waals surface area contributed by atoms with E-state index in [1.807, 2.05) is 0 Å². The van der Waals surface area contributed by atoms with Crippen molar-refractivity contribution in [3.05, 3.63) is 0 Å². The molecule has 0 aromatic rings. The first-order valence-electron chi connectivity index (χ1n) is 7.65. The van der Waals surface area contributed by atoms with E-state index in [4.69, 9.17) is 15.2 Å². The molecule has 0 unspecified atom stereocenters. The van der Waals surface area contributed by atoms with Crippen LogP contribution in [-0.4, -0.2) is 35.2 Å². The SMILES string of the molecule is C[C@H]([C@H](NC(=O)OC(C)(C)C)C(=O)OC(C)(C)C)[C@@H](C)C(N)=O. The van der Waals surface area contributed by atoms with Crippen molar-refractivity contribution in [1.82, 2.24) is 5.32 Å². The Bertz CT molecular complexity index is 448. The molecule has 0 aliphatic rings. The van der Waals surface area contributed by atoms with Gasteiger partial charge in [-0.15, -0.1) is 0 Å². The van der Waals surface area contributed by atoms with Crippen LogP contribution in [0.2, 0.25) is 0 Å². The maximum atomic E-state index is 12.4. The van der Waals surface area contributed by atoms with E-state index < -0.39 is 47.0 Å². The lowest BCUT2D eigenvalue weighted by molar-refractivity contribution is -0.159. The molecule has 0 heterocycles. The molecule has 0 aromatic heterocycles. The summed E-state index contributed by atoms with van der Waals surface area (Å²) in [7, 11) is 0. The van der Waals surface area contributed by atoms with Crippen molar-refractivity contribution < 1.29 is 23.9 Å². The zero-order valence-corrected chi connectivity index (χ0v) is 15.4. The van der Waals surface area contributed by atoms with Crippen LogP contribution in [0, 0.1) is 11.8 Å². The van der Waals surface area contributed by atoms with Crippen molar-refractivity contribution in [3.63, 3.8) is 0 Å². The molecule has 0 aliphatic heterocycles. The number of hydrogen-bond donors (Lipinski definition) is 2. The van der Waals surface area contributed by atoms with Crippen molar-refractivity contribution in [2.24, 2.45) is 17.6 Å². The molecular weight excluding hydrogens is 300 g/mol. The number of primary amides is 1. The van der Waals surface area contributed by atoms with Crippen LogP contribution < -0.4 is 11.1 Å². The molecule has 0 radical (unpaired) electrons. The first kappa shape index (κ1) is 21.2. The molecule has 0 rings (SSSR count). The largest absolute Gasteiger partial charge is 0.458 e. The summed E-state index contributed by atoms with van der Waals surface area (Å²) in [5.74, 6) is -2.36. The van der Waals surface area contributed by atoms with Crippen molar-refractivity contribution in [2.75, 3.05) is 0 Å². The third kappa shape index (κ3) is 8.42. The third-order valence-corrected chi connectivity index (χ3v) is 3.10. The van der Waals surface area contributed by atoms with Crippen LogP contribution in [0.15, 0.2) is 0 Å². The molecule has 0 spiro atoms. The smallest absolute Gasteiger partial charge is 0.408 e. The minimum absolute atomic E-state index is 0.546. The van der Waals surface area contributed by atoms with Crippen LogP contribution in [0.4, 0.5) is 4.79 Å². The summed E-state index contributed by atoms with van der Waals surface area (Å²) >= 11 is 0. The van der Waals surface area contributed by atoms with Gasteiger partial charge in [-0.05, 0) is 47.5 Å². The molecule has 0 aliphatic carbocycles. The number of nitrogens with one attached hydrogen (secondary N) is 1. The number of rotatable bonds is 5. The summed E-state index contributed by atoms with van der Waals surface area (Å²) in [5, 5.41) is 2.49. The Hall–Kier alpha value is -1.79. The van der Waals surface area contributed by atoms with Gasteiger partial charge in [-0.25, -0.2) is 9.59 Å². The van der Waals surface area contributed by atoms with E-state index in [-0.39, 0.29) is 0 Å². The predicted octanol–water partition coefficient (Wildman–Crippen LogP) is 1.98.